The maximum Gasteiger partial charge on any atom is 0.320 e. The molecule has 2 N–H and O–H groups in total. The number of nitrogens with one attached hydrogen (secondary N) is 1. The number of ether oxygens (including phenoxy) is 1. The Morgan fingerprint density at radius 1 is 1.36 bits per heavy atom. The molecule has 0 unspecified atom stereocenters. The first-order valence-electron chi connectivity index (χ1n) is 8.16. The predicted molar refractivity (Wildman–Crippen MR) is 100 cm³/mol. The van der Waals surface area contributed by atoms with Gasteiger partial charge in [-0.1, -0.05) is 23.9 Å². The zero-order chi connectivity index (χ0) is 18.1. The molecular weight excluding hydrogens is 360 g/mol. The minimum Gasteiger partial charge on any atom is -0.480 e. The summed E-state index contributed by atoms with van der Waals surface area (Å²) in [5, 5.41) is 11.6. The lowest BCUT2D eigenvalue weighted by atomic mass is 10.2. The number of nitrogens with zero attached hydrogens (tertiary/aromatic N) is 1. The van der Waals surface area contributed by atoms with Crippen LogP contribution in [0.2, 0.25) is 0 Å². The van der Waals surface area contributed by atoms with Gasteiger partial charge in [-0.25, -0.2) is 4.98 Å². The molecule has 2 aromatic rings. The van der Waals surface area contributed by atoms with Gasteiger partial charge < -0.3 is 15.2 Å². The molecule has 0 aliphatic heterocycles. The van der Waals surface area contributed by atoms with Gasteiger partial charge in [0.2, 0.25) is 0 Å². The second-order valence-electron chi connectivity index (χ2n) is 5.49. The van der Waals surface area contributed by atoms with Crippen LogP contribution in [0.3, 0.4) is 0 Å². The fraction of sp³-hybridized carbons (Fsp3) is 0.471. The number of carboxylic acids is 1. The number of carboxylic acid groups (broad SMARTS) is 1. The van der Waals surface area contributed by atoms with Crippen LogP contribution in [0, 0.1) is 0 Å². The molecule has 0 aliphatic carbocycles. The lowest BCUT2D eigenvalue weighted by Crippen LogP contribution is -2.34. The Morgan fingerprint density at radius 2 is 2.16 bits per heavy atom. The van der Waals surface area contributed by atoms with Gasteiger partial charge in [0.15, 0.2) is 4.34 Å². The van der Waals surface area contributed by atoms with Crippen molar-refractivity contribution in [1.82, 2.24) is 10.3 Å². The van der Waals surface area contributed by atoms with Gasteiger partial charge in [-0.05, 0) is 38.4 Å². The average Bonchev–Trinajstić information content (AvgIpc) is 3.01. The van der Waals surface area contributed by atoms with Crippen molar-refractivity contribution in [1.29, 1.82) is 0 Å². The molecule has 1 atom stereocenters. The van der Waals surface area contributed by atoms with E-state index in [1.54, 1.807) is 30.0 Å². The van der Waals surface area contributed by atoms with Crippen LogP contribution in [0.1, 0.15) is 26.2 Å². The number of thioether (sulfide) groups is 1. The normalized spacial score (nSPS) is 12.2. The van der Waals surface area contributed by atoms with Crippen molar-refractivity contribution >= 4 is 45.3 Å². The third-order valence-electron chi connectivity index (χ3n) is 3.47. The molecule has 136 valence electrons. The zero-order valence-electron chi connectivity index (χ0n) is 14.1. The van der Waals surface area contributed by atoms with E-state index < -0.39 is 12.0 Å². The number of hydrogen-bond donors (Lipinski definition) is 2. The second-order valence-corrected chi connectivity index (χ2v) is 7.86. The van der Waals surface area contributed by atoms with Crippen molar-refractivity contribution in [3.8, 4) is 0 Å². The summed E-state index contributed by atoms with van der Waals surface area (Å²) in [7, 11) is 0. The Morgan fingerprint density at radius 3 is 2.92 bits per heavy atom. The van der Waals surface area contributed by atoms with Gasteiger partial charge >= 0.3 is 11.9 Å². The number of hydrogen-bond acceptors (Lipinski definition) is 7. The summed E-state index contributed by atoms with van der Waals surface area (Å²) < 4.78 is 7.35. The van der Waals surface area contributed by atoms with E-state index in [0.29, 0.717) is 31.7 Å². The van der Waals surface area contributed by atoms with E-state index in [0.717, 1.165) is 21.0 Å². The van der Waals surface area contributed by atoms with Crippen molar-refractivity contribution < 1.29 is 19.4 Å². The Kier molecular flexibility index (Phi) is 8.17. The highest BCUT2D eigenvalue weighted by atomic mass is 32.2. The Bertz CT molecular complexity index is 672. The molecule has 0 spiro atoms. The SMILES string of the molecule is C[C@H](NCCCCC(=O)OCCSc1nc2ccccc2s1)C(=O)O. The van der Waals surface area contributed by atoms with E-state index >= 15 is 0 Å². The van der Waals surface area contributed by atoms with Gasteiger partial charge in [0.25, 0.3) is 0 Å². The van der Waals surface area contributed by atoms with Crippen LogP contribution in [-0.2, 0) is 14.3 Å². The number of para-hydroxylation sites is 1. The van der Waals surface area contributed by atoms with Crippen LogP contribution in [0.25, 0.3) is 10.2 Å². The van der Waals surface area contributed by atoms with Crippen LogP contribution >= 0.6 is 23.1 Å². The minimum atomic E-state index is -0.870. The topological polar surface area (TPSA) is 88.5 Å². The number of unbranched alkanes of at least 4 members (excludes halogenated alkanes) is 1. The summed E-state index contributed by atoms with van der Waals surface area (Å²) in [6, 6.07) is 7.43. The number of aromatic nitrogens is 1. The molecule has 1 heterocycles. The summed E-state index contributed by atoms with van der Waals surface area (Å²) in [6.07, 6.45) is 1.78. The molecule has 25 heavy (non-hydrogen) atoms. The van der Waals surface area contributed by atoms with Crippen molar-refractivity contribution in [2.45, 2.75) is 36.6 Å². The molecule has 6 nitrogen and oxygen atoms in total. The van der Waals surface area contributed by atoms with Gasteiger partial charge in [-0.2, -0.15) is 0 Å². The van der Waals surface area contributed by atoms with Crippen molar-refractivity contribution in [3.63, 3.8) is 0 Å². The lowest BCUT2D eigenvalue weighted by molar-refractivity contribution is -0.143. The monoisotopic (exact) mass is 382 g/mol. The predicted octanol–water partition coefficient (Wildman–Crippen LogP) is 3.16. The van der Waals surface area contributed by atoms with Crippen molar-refractivity contribution in [2.24, 2.45) is 0 Å². The summed E-state index contributed by atoms with van der Waals surface area (Å²) >= 11 is 3.23. The molecule has 0 saturated heterocycles. The zero-order valence-corrected chi connectivity index (χ0v) is 15.7. The quantitative estimate of drug-likeness (QED) is 0.350. The number of esters is 1. The number of carbonyl (C=O) groups is 2. The van der Waals surface area contributed by atoms with Crippen LogP contribution in [0.4, 0.5) is 0 Å². The largest absolute Gasteiger partial charge is 0.480 e. The van der Waals surface area contributed by atoms with Gasteiger partial charge in [0.1, 0.15) is 12.6 Å². The molecule has 0 amide bonds. The van der Waals surface area contributed by atoms with E-state index in [1.807, 2.05) is 24.3 Å². The summed E-state index contributed by atoms with van der Waals surface area (Å²) in [6.45, 7) is 2.54. The molecule has 0 radical (unpaired) electrons. The molecular formula is C17H22N2O4S2. The average molecular weight is 383 g/mol. The van der Waals surface area contributed by atoms with Crippen molar-refractivity contribution in [2.75, 3.05) is 18.9 Å². The Labute approximate surface area is 155 Å². The van der Waals surface area contributed by atoms with Gasteiger partial charge in [-0.15, -0.1) is 11.3 Å². The molecule has 1 aromatic carbocycles. The number of benzene rings is 1. The van der Waals surface area contributed by atoms with Crippen LogP contribution < -0.4 is 5.32 Å². The van der Waals surface area contributed by atoms with E-state index in [-0.39, 0.29) is 5.97 Å². The molecule has 0 bridgehead atoms. The minimum absolute atomic E-state index is 0.212. The fourth-order valence-corrected chi connectivity index (χ4v) is 4.03. The number of fused-ring (bicyclic) bond motifs is 1. The first kappa shape index (κ1) is 19.7. The van der Waals surface area contributed by atoms with Crippen LogP contribution in [0.5, 0.6) is 0 Å². The maximum absolute atomic E-state index is 11.6. The van der Waals surface area contributed by atoms with Gasteiger partial charge in [0.05, 0.1) is 10.2 Å². The van der Waals surface area contributed by atoms with Crippen molar-refractivity contribution in [3.05, 3.63) is 24.3 Å². The molecule has 0 aliphatic rings. The molecule has 2 rings (SSSR count). The summed E-state index contributed by atoms with van der Waals surface area (Å²) in [4.78, 5) is 26.8. The number of aliphatic carboxylic acids is 1. The lowest BCUT2D eigenvalue weighted by Gasteiger charge is -2.08. The highest BCUT2D eigenvalue weighted by Gasteiger charge is 2.09. The number of thiazole rings is 1. The number of carbonyl (C=O) groups excluding carboxylic acids is 1. The fourth-order valence-electron chi connectivity index (χ4n) is 2.07. The van der Waals surface area contributed by atoms with E-state index in [2.05, 4.69) is 10.3 Å². The second kappa shape index (κ2) is 10.4. The third kappa shape index (κ3) is 7.01. The summed E-state index contributed by atoms with van der Waals surface area (Å²) in [5.41, 5.74) is 0.998. The van der Waals surface area contributed by atoms with Crippen LogP contribution in [-0.4, -0.2) is 47.0 Å². The standard InChI is InChI=1S/C17H22N2O4S2/c1-12(16(21)22)18-9-5-4-8-15(20)23-10-11-24-17-19-13-6-2-3-7-14(13)25-17/h2-3,6-7,12,18H,4-5,8-11H2,1H3,(H,21,22)/t12-/m0/s1. The first-order chi connectivity index (χ1) is 12.1. The van der Waals surface area contributed by atoms with Gasteiger partial charge in [-0.3, -0.25) is 9.59 Å². The van der Waals surface area contributed by atoms with E-state index in [9.17, 15) is 9.59 Å². The molecule has 0 saturated carbocycles. The van der Waals surface area contributed by atoms with Crippen LogP contribution in [0.15, 0.2) is 28.6 Å². The third-order valence-corrected chi connectivity index (χ3v) is 5.62. The van der Waals surface area contributed by atoms with E-state index in [4.69, 9.17) is 9.84 Å². The molecule has 0 fully saturated rings. The Balaban J connectivity index is 1.53. The number of rotatable bonds is 11. The highest BCUT2D eigenvalue weighted by Crippen LogP contribution is 2.28. The first-order valence-corrected chi connectivity index (χ1v) is 9.96. The molecule has 8 heteroatoms. The maximum atomic E-state index is 11.6. The van der Waals surface area contributed by atoms with E-state index in [1.165, 1.54) is 0 Å². The smallest absolute Gasteiger partial charge is 0.320 e. The highest BCUT2D eigenvalue weighted by molar-refractivity contribution is 8.01. The molecule has 1 aromatic heterocycles. The Hall–Kier alpha value is -1.64. The summed E-state index contributed by atoms with van der Waals surface area (Å²) in [5.74, 6) is -0.398. The van der Waals surface area contributed by atoms with Gasteiger partial charge in [0, 0.05) is 12.2 Å².